The number of rotatable bonds is 8. The van der Waals surface area contributed by atoms with E-state index in [9.17, 15) is 4.39 Å². The van der Waals surface area contributed by atoms with E-state index in [0.717, 1.165) is 66.6 Å². The zero-order valence-corrected chi connectivity index (χ0v) is 19.6. The van der Waals surface area contributed by atoms with Gasteiger partial charge in [-0.15, -0.1) is 11.3 Å². The number of piperidine rings is 1. The predicted octanol–water partition coefficient (Wildman–Crippen LogP) is 4.84. The number of benzene rings is 2. The van der Waals surface area contributed by atoms with Crippen LogP contribution in [-0.4, -0.2) is 52.2 Å². The summed E-state index contributed by atoms with van der Waals surface area (Å²) >= 11 is 1.66. The highest BCUT2D eigenvalue weighted by Crippen LogP contribution is 2.24. The number of imidazole rings is 1. The zero-order chi connectivity index (χ0) is 22.6. The van der Waals surface area contributed by atoms with Gasteiger partial charge in [0.1, 0.15) is 5.82 Å². The molecule has 0 bridgehead atoms. The fourth-order valence-corrected chi connectivity index (χ4v) is 5.12. The van der Waals surface area contributed by atoms with E-state index in [1.807, 2.05) is 37.4 Å². The van der Waals surface area contributed by atoms with Gasteiger partial charge in [0.15, 0.2) is 5.13 Å². The van der Waals surface area contributed by atoms with E-state index in [4.69, 9.17) is 4.98 Å². The average Bonchev–Trinajstić information content (AvgIpc) is 3.45. The maximum absolute atomic E-state index is 13.4. The van der Waals surface area contributed by atoms with Gasteiger partial charge in [0.25, 0.3) is 0 Å². The van der Waals surface area contributed by atoms with Crippen molar-refractivity contribution < 1.29 is 4.39 Å². The Bertz CT molecular complexity index is 1190. The van der Waals surface area contributed by atoms with Crippen molar-refractivity contribution in [2.45, 2.75) is 31.8 Å². The first-order valence-electron chi connectivity index (χ1n) is 11.5. The van der Waals surface area contributed by atoms with E-state index in [0.29, 0.717) is 12.6 Å². The molecule has 5 rings (SSSR count). The van der Waals surface area contributed by atoms with Gasteiger partial charge in [0, 0.05) is 44.5 Å². The smallest absolute Gasteiger partial charge is 0.204 e. The van der Waals surface area contributed by atoms with Crippen molar-refractivity contribution >= 4 is 33.5 Å². The van der Waals surface area contributed by atoms with Gasteiger partial charge in [-0.1, -0.05) is 24.3 Å². The van der Waals surface area contributed by atoms with Crippen molar-refractivity contribution in [3.05, 3.63) is 71.0 Å². The van der Waals surface area contributed by atoms with Crippen molar-refractivity contribution in [1.82, 2.24) is 19.4 Å². The van der Waals surface area contributed by atoms with Crippen LogP contribution in [0.1, 0.15) is 24.1 Å². The summed E-state index contributed by atoms with van der Waals surface area (Å²) in [6.45, 7) is 3.84. The lowest BCUT2D eigenvalue weighted by atomic mass is 10.0. The fraction of sp³-hybridized carbons (Fsp3) is 0.360. The largest absolute Gasteiger partial charge is 0.365 e. The van der Waals surface area contributed by atoms with Gasteiger partial charge in [0.2, 0.25) is 5.95 Å². The Hall–Kier alpha value is -2.97. The molecule has 2 N–H and O–H groups in total. The van der Waals surface area contributed by atoms with E-state index in [-0.39, 0.29) is 5.82 Å². The molecule has 33 heavy (non-hydrogen) atoms. The van der Waals surface area contributed by atoms with Crippen molar-refractivity contribution in [1.29, 1.82) is 0 Å². The van der Waals surface area contributed by atoms with E-state index >= 15 is 0 Å². The second-order valence-corrected chi connectivity index (χ2v) is 9.40. The maximum atomic E-state index is 13.4. The summed E-state index contributed by atoms with van der Waals surface area (Å²) in [4.78, 5) is 12.0. The molecule has 2 aromatic heterocycles. The van der Waals surface area contributed by atoms with Gasteiger partial charge in [-0.25, -0.2) is 14.4 Å². The number of halogens is 1. The third-order valence-corrected chi connectivity index (χ3v) is 7.19. The van der Waals surface area contributed by atoms with Crippen LogP contribution in [0.15, 0.2) is 53.9 Å². The molecule has 6 nitrogen and oxygen atoms in total. The molecule has 0 spiro atoms. The van der Waals surface area contributed by atoms with Crippen LogP contribution in [0.2, 0.25) is 0 Å². The molecule has 3 heterocycles. The van der Waals surface area contributed by atoms with E-state index in [1.54, 1.807) is 11.3 Å². The molecule has 2 aromatic carbocycles. The minimum absolute atomic E-state index is 0.211. The SMILES string of the molecule is CNc1nc(CCN2CCC(Nc3nc4ccccc4n3Cc3ccc(F)cc3)CC2)cs1. The lowest BCUT2D eigenvalue weighted by Crippen LogP contribution is -2.40. The first kappa shape index (κ1) is 21.9. The summed E-state index contributed by atoms with van der Waals surface area (Å²) < 4.78 is 15.6. The molecule has 1 fully saturated rings. The van der Waals surface area contributed by atoms with E-state index in [2.05, 4.69) is 36.5 Å². The molecule has 1 aliphatic heterocycles. The van der Waals surface area contributed by atoms with Crippen LogP contribution >= 0.6 is 11.3 Å². The van der Waals surface area contributed by atoms with Crippen LogP contribution in [0.5, 0.6) is 0 Å². The number of fused-ring (bicyclic) bond motifs is 1. The zero-order valence-electron chi connectivity index (χ0n) is 18.8. The van der Waals surface area contributed by atoms with Crippen LogP contribution in [0.3, 0.4) is 0 Å². The van der Waals surface area contributed by atoms with Gasteiger partial charge >= 0.3 is 0 Å². The molecule has 4 aromatic rings. The Labute approximate surface area is 197 Å². The molecule has 0 atom stereocenters. The van der Waals surface area contributed by atoms with Gasteiger partial charge < -0.3 is 20.1 Å². The van der Waals surface area contributed by atoms with Gasteiger partial charge in [-0.2, -0.15) is 0 Å². The number of aromatic nitrogens is 3. The quantitative estimate of drug-likeness (QED) is 0.391. The summed E-state index contributed by atoms with van der Waals surface area (Å²) in [6.07, 6.45) is 3.15. The van der Waals surface area contributed by atoms with Crippen molar-refractivity contribution in [2.75, 3.05) is 37.3 Å². The van der Waals surface area contributed by atoms with E-state index < -0.39 is 0 Å². The Morgan fingerprint density at radius 1 is 1.06 bits per heavy atom. The normalized spacial score (nSPS) is 15.2. The Kier molecular flexibility index (Phi) is 6.55. The number of hydrogen-bond acceptors (Lipinski definition) is 6. The third-order valence-electron chi connectivity index (χ3n) is 6.28. The molecule has 0 saturated carbocycles. The topological polar surface area (TPSA) is 58.0 Å². The van der Waals surface area contributed by atoms with Gasteiger partial charge in [-0.05, 0) is 42.7 Å². The maximum Gasteiger partial charge on any atom is 0.204 e. The van der Waals surface area contributed by atoms with Crippen LogP contribution in [0.25, 0.3) is 11.0 Å². The molecule has 1 aliphatic rings. The summed E-state index contributed by atoms with van der Waals surface area (Å²) in [7, 11) is 1.91. The number of nitrogens with one attached hydrogen (secondary N) is 2. The minimum atomic E-state index is -0.211. The second-order valence-electron chi connectivity index (χ2n) is 8.54. The van der Waals surface area contributed by atoms with Crippen molar-refractivity contribution in [3.63, 3.8) is 0 Å². The van der Waals surface area contributed by atoms with Crippen molar-refractivity contribution in [3.8, 4) is 0 Å². The Morgan fingerprint density at radius 3 is 2.61 bits per heavy atom. The Balaban J connectivity index is 1.22. The Morgan fingerprint density at radius 2 is 1.85 bits per heavy atom. The number of likely N-dealkylation sites (tertiary alicyclic amines) is 1. The molecule has 172 valence electrons. The molecule has 0 radical (unpaired) electrons. The predicted molar refractivity (Wildman–Crippen MR) is 134 cm³/mol. The summed E-state index contributed by atoms with van der Waals surface area (Å²) in [5.41, 5.74) is 4.29. The number of para-hydroxylation sites is 2. The highest BCUT2D eigenvalue weighted by atomic mass is 32.1. The van der Waals surface area contributed by atoms with E-state index in [1.165, 1.54) is 17.8 Å². The summed E-state index contributed by atoms with van der Waals surface area (Å²) in [6, 6.07) is 15.3. The first-order valence-corrected chi connectivity index (χ1v) is 12.4. The molecule has 0 amide bonds. The first-order chi connectivity index (χ1) is 16.2. The molecule has 1 saturated heterocycles. The minimum Gasteiger partial charge on any atom is -0.365 e. The number of hydrogen-bond donors (Lipinski definition) is 2. The van der Waals surface area contributed by atoms with Gasteiger partial charge in [0.05, 0.1) is 23.3 Å². The lowest BCUT2D eigenvalue weighted by molar-refractivity contribution is 0.220. The molecule has 8 heteroatoms. The molecular weight excluding hydrogens is 435 g/mol. The second kappa shape index (κ2) is 9.89. The van der Waals surface area contributed by atoms with Crippen molar-refractivity contribution in [2.24, 2.45) is 0 Å². The highest BCUT2D eigenvalue weighted by molar-refractivity contribution is 7.13. The highest BCUT2D eigenvalue weighted by Gasteiger charge is 2.21. The number of thiazole rings is 1. The molecule has 0 unspecified atom stereocenters. The number of anilines is 2. The molecular formula is C25H29FN6S. The van der Waals surface area contributed by atoms with Gasteiger partial charge in [-0.3, -0.25) is 0 Å². The fourth-order valence-electron chi connectivity index (χ4n) is 4.41. The van der Waals surface area contributed by atoms with Crippen LogP contribution in [-0.2, 0) is 13.0 Å². The van der Waals surface area contributed by atoms with Crippen LogP contribution in [0.4, 0.5) is 15.5 Å². The number of nitrogens with zero attached hydrogens (tertiary/aromatic N) is 4. The third kappa shape index (κ3) is 5.17. The van der Waals surface area contributed by atoms with Crippen LogP contribution in [0, 0.1) is 5.82 Å². The standard InChI is InChI=1S/C25H29FN6S/c1-27-25-29-21(17-33-25)12-15-31-13-10-20(11-14-31)28-24-30-22-4-2-3-5-23(22)32(24)16-18-6-8-19(26)9-7-18/h2-9,17,20H,10-16H2,1H3,(H,27,29)(H,28,30). The average molecular weight is 465 g/mol. The molecule has 0 aliphatic carbocycles. The summed E-state index contributed by atoms with van der Waals surface area (Å²) in [5.74, 6) is 0.678. The summed E-state index contributed by atoms with van der Waals surface area (Å²) in [5, 5.41) is 9.94. The van der Waals surface area contributed by atoms with Crippen LogP contribution < -0.4 is 10.6 Å². The lowest BCUT2D eigenvalue weighted by Gasteiger charge is -2.32. The monoisotopic (exact) mass is 464 g/mol.